The van der Waals surface area contributed by atoms with Gasteiger partial charge in [-0.1, -0.05) is 12.1 Å². The van der Waals surface area contributed by atoms with Gasteiger partial charge >= 0.3 is 0 Å². The lowest BCUT2D eigenvalue weighted by Gasteiger charge is -2.05. The zero-order valence-electron chi connectivity index (χ0n) is 10.4. The summed E-state index contributed by atoms with van der Waals surface area (Å²) in [6, 6.07) is 11.4. The van der Waals surface area contributed by atoms with Gasteiger partial charge in [0, 0.05) is 18.0 Å². The molecule has 2 aromatic carbocycles. The standard InChI is InChI=1S/C15H12N2O2/c1-19-14-5-4-11-8-13(3-2-12(11)9-14)15(18)17-7-6-16-10-17/h2-10H,1H3. The molecule has 0 aliphatic carbocycles. The Labute approximate surface area is 110 Å². The van der Waals surface area contributed by atoms with Crippen LogP contribution in [0.5, 0.6) is 5.75 Å². The molecule has 0 spiro atoms. The minimum Gasteiger partial charge on any atom is -0.497 e. The van der Waals surface area contributed by atoms with E-state index < -0.39 is 0 Å². The van der Waals surface area contributed by atoms with Crippen LogP contribution in [0, 0.1) is 0 Å². The second-order valence-corrected chi connectivity index (χ2v) is 4.20. The van der Waals surface area contributed by atoms with Crippen LogP contribution in [-0.4, -0.2) is 22.6 Å². The molecule has 0 bridgehead atoms. The molecule has 0 unspecified atom stereocenters. The first-order chi connectivity index (χ1) is 9.28. The molecule has 0 fully saturated rings. The molecule has 0 aliphatic heterocycles. The zero-order valence-corrected chi connectivity index (χ0v) is 10.4. The Morgan fingerprint density at radius 3 is 2.68 bits per heavy atom. The highest BCUT2D eigenvalue weighted by Crippen LogP contribution is 2.22. The summed E-state index contributed by atoms with van der Waals surface area (Å²) >= 11 is 0. The molecule has 0 N–H and O–H groups in total. The molecule has 0 atom stereocenters. The Morgan fingerprint density at radius 2 is 1.95 bits per heavy atom. The predicted octanol–water partition coefficient (Wildman–Crippen LogP) is 2.73. The van der Waals surface area contributed by atoms with Crippen LogP contribution in [-0.2, 0) is 0 Å². The van der Waals surface area contributed by atoms with Gasteiger partial charge < -0.3 is 4.74 Å². The molecule has 0 saturated carbocycles. The Bertz CT molecular complexity index is 733. The van der Waals surface area contributed by atoms with Crippen molar-refractivity contribution in [1.82, 2.24) is 9.55 Å². The molecule has 94 valence electrons. The number of nitrogens with zero attached hydrogens (tertiary/aromatic N) is 2. The Hall–Kier alpha value is -2.62. The Morgan fingerprint density at radius 1 is 1.16 bits per heavy atom. The van der Waals surface area contributed by atoms with E-state index in [4.69, 9.17) is 4.74 Å². The minimum absolute atomic E-state index is 0.0878. The molecule has 3 aromatic rings. The van der Waals surface area contributed by atoms with E-state index >= 15 is 0 Å². The number of ether oxygens (including phenoxy) is 1. The van der Waals surface area contributed by atoms with Crippen molar-refractivity contribution >= 4 is 16.7 Å². The fraction of sp³-hybridized carbons (Fsp3) is 0.0667. The molecule has 19 heavy (non-hydrogen) atoms. The third-order valence-electron chi connectivity index (χ3n) is 3.03. The number of carbonyl (C=O) groups excluding carboxylic acids is 1. The topological polar surface area (TPSA) is 44.1 Å². The van der Waals surface area contributed by atoms with Crippen LogP contribution in [0.25, 0.3) is 10.8 Å². The lowest BCUT2D eigenvalue weighted by molar-refractivity contribution is 0.0960. The van der Waals surface area contributed by atoms with Gasteiger partial charge in [0.15, 0.2) is 0 Å². The summed E-state index contributed by atoms with van der Waals surface area (Å²) in [7, 11) is 1.64. The van der Waals surface area contributed by atoms with E-state index in [1.807, 2.05) is 36.4 Å². The third-order valence-corrected chi connectivity index (χ3v) is 3.03. The average molecular weight is 252 g/mol. The van der Waals surface area contributed by atoms with Crippen LogP contribution < -0.4 is 4.74 Å². The molecule has 1 aromatic heterocycles. The highest BCUT2D eigenvalue weighted by Gasteiger charge is 2.08. The van der Waals surface area contributed by atoms with E-state index in [1.165, 1.54) is 10.9 Å². The third kappa shape index (κ3) is 2.08. The van der Waals surface area contributed by atoms with Crippen LogP contribution in [0.2, 0.25) is 0 Å². The number of carbonyl (C=O) groups is 1. The number of hydrogen-bond acceptors (Lipinski definition) is 3. The van der Waals surface area contributed by atoms with Gasteiger partial charge in [0.1, 0.15) is 12.1 Å². The fourth-order valence-corrected chi connectivity index (χ4v) is 2.01. The average Bonchev–Trinajstić information content (AvgIpc) is 2.99. The Kier molecular flexibility index (Phi) is 2.76. The molecular formula is C15H12N2O2. The molecule has 4 heteroatoms. The molecule has 1 heterocycles. The molecule has 0 saturated heterocycles. The minimum atomic E-state index is -0.0878. The number of aromatic nitrogens is 2. The number of hydrogen-bond donors (Lipinski definition) is 0. The molecular weight excluding hydrogens is 240 g/mol. The smallest absolute Gasteiger partial charge is 0.263 e. The van der Waals surface area contributed by atoms with Gasteiger partial charge in [-0.2, -0.15) is 0 Å². The molecule has 0 aliphatic rings. The highest BCUT2D eigenvalue weighted by molar-refractivity contribution is 5.99. The van der Waals surface area contributed by atoms with Gasteiger partial charge in [-0.3, -0.25) is 9.36 Å². The number of methoxy groups -OCH3 is 1. The van der Waals surface area contributed by atoms with Crippen LogP contribution >= 0.6 is 0 Å². The highest BCUT2D eigenvalue weighted by atomic mass is 16.5. The zero-order chi connectivity index (χ0) is 13.2. The van der Waals surface area contributed by atoms with Crippen molar-refractivity contribution < 1.29 is 9.53 Å². The van der Waals surface area contributed by atoms with Crippen molar-refractivity contribution in [1.29, 1.82) is 0 Å². The van der Waals surface area contributed by atoms with Crippen molar-refractivity contribution in [3.8, 4) is 5.75 Å². The summed E-state index contributed by atoms with van der Waals surface area (Å²) in [5.41, 5.74) is 0.635. The van der Waals surface area contributed by atoms with Gasteiger partial charge in [0.2, 0.25) is 0 Å². The summed E-state index contributed by atoms with van der Waals surface area (Å²) in [4.78, 5) is 16.1. The van der Waals surface area contributed by atoms with E-state index in [9.17, 15) is 4.79 Å². The maximum atomic E-state index is 12.2. The first-order valence-corrected chi connectivity index (χ1v) is 5.88. The van der Waals surface area contributed by atoms with E-state index in [1.54, 1.807) is 19.5 Å². The van der Waals surface area contributed by atoms with E-state index in [0.29, 0.717) is 5.56 Å². The molecule has 0 amide bonds. The normalized spacial score (nSPS) is 10.6. The van der Waals surface area contributed by atoms with Gasteiger partial charge in [-0.05, 0) is 35.0 Å². The maximum Gasteiger partial charge on any atom is 0.263 e. The molecule has 4 nitrogen and oxygen atoms in total. The fourth-order valence-electron chi connectivity index (χ4n) is 2.01. The van der Waals surface area contributed by atoms with Gasteiger partial charge in [-0.25, -0.2) is 4.98 Å². The van der Waals surface area contributed by atoms with E-state index in [0.717, 1.165) is 16.5 Å². The van der Waals surface area contributed by atoms with Crippen molar-refractivity contribution in [3.05, 3.63) is 60.7 Å². The van der Waals surface area contributed by atoms with Crippen molar-refractivity contribution in [2.45, 2.75) is 0 Å². The van der Waals surface area contributed by atoms with Gasteiger partial charge in [0.25, 0.3) is 5.91 Å². The van der Waals surface area contributed by atoms with E-state index in [-0.39, 0.29) is 5.91 Å². The lowest BCUT2D eigenvalue weighted by atomic mass is 10.1. The SMILES string of the molecule is COc1ccc2cc(C(=O)n3ccnc3)ccc2c1. The van der Waals surface area contributed by atoms with Crippen molar-refractivity contribution in [2.75, 3.05) is 7.11 Å². The summed E-state index contributed by atoms with van der Waals surface area (Å²) in [5.74, 6) is 0.719. The monoisotopic (exact) mass is 252 g/mol. The van der Waals surface area contributed by atoms with Crippen molar-refractivity contribution in [3.63, 3.8) is 0 Å². The molecule has 0 radical (unpaired) electrons. The van der Waals surface area contributed by atoms with Crippen LogP contribution in [0.3, 0.4) is 0 Å². The summed E-state index contributed by atoms with van der Waals surface area (Å²) in [5, 5.41) is 2.05. The first kappa shape index (κ1) is 11.5. The van der Waals surface area contributed by atoms with Crippen LogP contribution in [0.15, 0.2) is 55.1 Å². The second-order valence-electron chi connectivity index (χ2n) is 4.20. The van der Waals surface area contributed by atoms with Crippen LogP contribution in [0.4, 0.5) is 0 Å². The van der Waals surface area contributed by atoms with Gasteiger partial charge in [-0.15, -0.1) is 0 Å². The predicted molar refractivity (Wildman–Crippen MR) is 72.5 cm³/mol. The van der Waals surface area contributed by atoms with Crippen LogP contribution in [0.1, 0.15) is 10.4 Å². The second kappa shape index (κ2) is 4.57. The first-order valence-electron chi connectivity index (χ1n) is 5.88. The quantitative estimate of drug-likeness (QED) is 0.704. The summed E-state index contributed by atoms with van der Waals surface area (Å²) in [6.45, 7) is 0. The number of fused-ring (bicyclic) bond motifs is 1. The molecule has 3 rings (SSSR count). The number of rotatable bonds is 2. The van der Waals surface area contributed by atoms with E-state index in [2.05, 4.69) is 4.98 Å². The number of imidazole rings is 1. The lowest BCUT2D eigenvalue weighted by Crippen LogP contribution is -2.09. The number of benzene rings is 2. The summed E-state index contributed by atoms with van der Waals surface area (Å²) in [6.07, 6.45) is 4.73. The largest absolute Gasteiger partial charge is 0.497 e. The van der Waals surface area contributed by atoms with Gasteiger partial charge in [0.05, 0.1) is 7.11 Å². The summed E-state index contributed by atoms with van der Waals surface area (Å²) < 4.78 is 6.64. The van der Waals surface area contributed by atoms with Crippen molar-refractivity contribution in [2.24, 2.45) is 0 Å². The maximum absolute atomic E-state index is 12.2. The Balaban J connectivity index is 2.05.